The molecule has 1 heterocycles. The second-order valence-corrected chi connectivity index (χ2v) is 4.85. The van der Waals surface area contributed by atoms with Gasteiger partial charge >= 0.3 is 6.03 Å². The molecule has 0 aromatic carbocycles. The van der Waals surface area contributed by atoms with E-state index in [1.807, 2.05) is 35.2 Å². The highest BCUT2D eigenvalue weighted by atomic mass is 127. The van der Waals surface area contributed by atoms with E-state index in [1.165, 1.54) is 19.3 Å². The molecule has 0 atom stereocenters. The van der Waals surface area contributed by atoms with E-state index in [1.54, 1.807) is 4.57 Å². The van der Waals surface area contributed by atoms with E-state index >= 15 is 0 Å². The Hall–Kier alpha value is -0.590. The summed E-state index contributed by atoms with van der Waals surface area (Å²) in [7, 11) is 1.93. The number of hydrogen-bond donors (Lipinski definition) is 0. The van der Waals surface area contributed by atoms with Crippen molar-refractivity contribution < 1.29 is 33.3 Å². The summed E-state index contributed by atoms with van der Waals surface area (Å²) in [5.41, 5.74) is 0. The number of hydrogen-bond acceptors (Lipinski definition) is 1. The van der Waals surface area contributed by atoms with Gasteiger partial charge in [-0.05, 0) is 19.8 Å². The van der Waals surface area contributed by atoms with Crippen molar-refractivity contribution in [2.24, 2.45) is 7.05 Å². The first-order chi connectivity index (χ1) is 8.22. The van der Waals surface area contributed by atoms with Crippen molar-refractivity contribution in [1.82, 2.24) is 9.47 Å². The topological polar surface area (TPSA) is 29.1 Å². The fourth-order valence-electron chi connectivity index (χ4n) is 2.65. The molecule has 1 saturated carbocycles. The second kappa shape index (κ2) is 7.11. The Bertz CT molecular complexity index is 385. The predicted molar refractivity (Wildman–Crippen MR) is 65.7 cm³/mol. The zero-order valence-corrected chi connectivity index (χ0v) is 13.3. The molecule has 0 saturated heterocycles. The van der Waals surface area contributed by atoms with Gasteiger partial charge in [0.05, 0.1) is 7.05 Å². The number of rotatable bonds is 2. The third kappa shape index (κ3) is 3.46. The zero-order chi connectivity index (χ0) is 12.3. The van der Waals surface area contributed by atoms with Crippen LogP contribution in [0.4, 0.5) is 4.79 Å². The van der Waals surface area contributed by atoms with Gasteiger partial charge in [0.1, 0.15) is 12.4 Å². The van der Waals surface area contributed by atoms with Gasteiger partial charge in [0.15, 0.2) is 0 Å². The maximum atomic E-state index is 12.4. The Balaban J connectivity index is 0.00000162. The van der Waals surface area contributed by atoms with E-state index in [9.17, 15) is 4.79 Å². The maximum absolute atomic E-state index is 12.4. The first-order valence-corrected chi connectivity index (χ1v) is 6.56. The Kier molecular flexibility index (Phi) is 6.11. The summed E-state index contributed by atoms with van der Waals surface area (Å²) in [5.74, 6) is 0. The molecule has 1 aromatic heterocycles. The van der Waals surface area contributed by atoms with Gasteiger partial charge in [0, 0.05) is 12.6 Å². The number of aromatic nitrogens is 2. The van der Waals surface area contributed by atoms with Crippen molar-refractivity contribution >= 4 is 6.03 Å². The van der Waals surface area contributed by atoms with Crippen molar-refractivity contribution in [3.05, 3.63) is 18.7 Å². The molecule has 5 heteroatoms. The smallest absolute Gasteiger partial charge is 0.416 e. The van der Waals surface area contributed by atoms with Gasteiger partial charge in [-0.25, -0.2) is 9.36 Å². The van der Waals surface area contributed by atoms with Crippen LogP contribution in [0.25, 0.3) is 0 Å². The summed E-state index contributed by atoms with van der Waals surface area (Å²) >= 11 is 0. The molecule has 0 radical (unpaired) electrons. The fraction of sp³-hybridized carbons (Fsp3) is 0.692. The average molecular weight is 363 g/mol. The summed E-state index contributed by atoms with van der Waals surface area (Å²) in [4.78, 5) is 14.4. The molecule has 1 aliphatic carbocycles. The minimum Gasteiger partial charge on any atom is -1.00 e. The van der Waals surface area contributed by atoms with Crippen LogP contribution in [0.3, 0.4) is 0 Å². The number of nitrogens with zero attached hydrogens (tertiary/aromatic N) is 3. The van der Waals surface area contributed by atoms with Gasteiger partial charge in [-0.3, -0.25) is 0 Å². The van der Waals surface area contributed by atoms with Crippen LogP contribution in [0.2, 0.25) is 0 Å². The van der Waals surface area contributed by atoms with Gasteiger partial charge in [-0.2, -0.15) is 4.57 Å². The molecule has 0 N–H and O–H groups in total. The predicted octanol–water partition coefficient (Wildman–Crippen LogP) is -1.06. The van der Waals surface area contributed by atoms with Crippen molar-refractivity contribution in [2.45, 2.75) is 45.1 Å². The SMILES string of the molecule is CCN(C(=O)n1cc[n+](C)c1)C1CCCCC1.[I-]. The number of carbonyl (C=O) groups excluding carboxylic acids is 1. The first-order valence-electron chi connectivity index (χ1n) is 6.56. The summed E-state index contributed by atoms with van der Waals surface area (Å²) in [6.07, 6.45) is 11.7. The molecule has 4 nitrogen and oxygen atoms in total. The summed E-state index contributed by atoms with van der Waals surface area (Å²) < 4.78 is 3.57. The minimum atomic E-state index is 0. The van der Waals surface area contributed by atoms with Crippen molar-refractivity contribution in [2.75, 3.05) is 6.54 Å². The molecule has 1 aliphatic rings. The lowest BCUT2D eigenvalue weighted by molar-refractivity contribution is -0.670. The van der Waals surface area contributed by atoms with Gasteiger partial charge in [0.25, 0.3) is 6.33 Å². The zero-order valence-electron chi connectivity index (χ0n) is 11.2. The van der Waals surface area contributed by atoms with Crippen LogP contribution >= 0.6 is 0 Å². The highest BCUT2D eigenvalue weighted by Gasteiger charge is 2.27. The number of aryl methyl sites for hydroxylation is 1. The minimum absolute atomic E-state index is 0. The van der Waals surface area contributed by atoms with E-state index in [2.05, 4.69) is 6.92 Å². The Morgan fingerprint density at radius 2 is 2.06 bits per heavy atom. The van der Waals surface area contributed by atoms with E-state index in [-0.39, 0.29) is 30.0 Å². The maximum Gasteiger partial charge on any atom is 0.416 e. The molecular formula is C13H22IN3O. The van der Waals surface area contributed by atoms with Gasteiger partial charge < -0.3 is 28.9 Å². The molecule has 0 spiro atoms. The molecule has 18 heavy (non-hydrogen) atoms. The third-order valence-corrected chi connectivity index (χ3v) is 3.59. The van der Waals surface area contributed by atoms with Gasteiger partial charge in [-0.15, -0.1) is 0 Å². The van der Waals surface area contributed by atoms with Crippen LogP contribution in [0.1, 0.15) is 39.0 Å². The molecule has 0 bridgehead atoms. The molecule has 0 aliphatic heterocycles. The van der Waals surface area contributed by atoms with Crippen molar-refractivity contribution in [3.63, 3.8) is 0 Å². The molecule has 1 fully saturated rings. The largest absolute Gasteiger partial charge is 1.00 e. The highest BCUT2D eigenvalue weighted by molar-refractivity contribution is 5.76. The standard InChI is InChI=1S/C13H22N3O.HI/c1-3-16(12-7-5-4-6-8-12)13(17)15-10-9-14(2)11-15;/h9-12H,3-8H2,1-2H3;1H/q+1;/p-1. The lowest BCUT2D eigenvalue weighted by atomic mass is 9.94. The van der Waals surface area contributed by atoms with Crippen LogP contribution in [-0.4, -0.2) is 28.1 Å². The molecule has 1 aromatic rings. The second-order valence-electron chi connectivity index (χ2n) is 4.85. The number of imidazole rings is 1. The summed E-state index contributed by atoms with van der Waals surface area (Å²) in [6, 6.07) is 0.550. The van der Waals surface area contributed by atoms with Crippen LogP contribution in [0.5, 0.6) is 0 Å². The molecule has 102 valence electrons. The van der Waals surface area contributed by atoms with Gasteiger partial charge in [-0.1, -0.05) is 19.3 Å². The van der Waals surface area contributed by atoms with Crippen molar-refractivity contribution in [3.8, 4) is 0 Å². The van der Waals surface area contributed by atoms with Crippen molar-refractivity contribution in [1.29, 1.82) is 0 Å². The summed E-state index contributed by atoms with van der Waals surface area (Å²) in [5, 5.41) is 0. The lowest BCUT2D eigenvalue weighted by Crippen LogP contribution is -3.00. The van der Waals surface area contributed by atoms with E-state index in [0.29, 0.717) is 6.04 Å². The quantitative estimate of drug-likeness (QED) is 0.487. The number of amides is 1. The van der Waals surface area contributed by atoms with E-state index in [4.69, 9.17) is 0 Å². The molecule has 1 amide bonds. The molecule has 0 unspecified atom stereocenters. The van der Waals surface area contributed by atoms with E-state index in [0.717, 1.165) is 19.4 Å². The normalized spacial score (nSPS) is 16.1. The van der Waals surface area contributed by atoms with Gasteiger partial charge in [0.2, 0.25) is 0 Å². The Labute approximate surface area is 126 Å². The van der Waals surface area contributed by atoms with Crippen LogP contribution < -0.4 is 28.5 Å². The third-order valence-electron chi connectivity index (χ3n) is 3.59. The first kappa shape index (κ1) is 15.5. The molecule has 2 rings (SSSR count). The average Bonchev–Trinajstić information content (AvgIpc) is 2.78. The lowest BCUT2D eigenvalue weighted by Gasteiger charge is -2.31. The number of halogens is 1. The molecular weight excluding hydrogens is 341 g/mol. The van der Waals surface area contributed by atoms with E-state index < -0.39 is 0 Å². The Morgan fingerprint density at radius 3 is 2.56 bits per heavy atom. The summed E-state index contributed by atoms with van der Waals surface area (Å²) in [6.45, 7) is 2.86. The van der Waals surface area contributed by atoms with Crippen LogP contribution in [-0.2, 0) is 7.05 Å². The van der Waals surface area contributed by atoms with Crippen LogP contribution in [0.15, 0.2) is 18.7 Å². The Morgan fingerprint density at radius 1 is 1.39 bits per heavy atom. The monoisotopic (exact) mass is 363 g/mol. The fourth-order valence-corrected chi connectivity index (χ4v) is 2.65. The van der Waals surface area contributed by atoms with Crippen LogP contribution in [0, 0.1) is 0 Å². The number of carbonyl (C=O) groups is 1. The highest BCUT2D eigenvalue weighted by Crippen LogP contribution is 2.22.